The fourth-order valence-electron chi connectivity index (χ4n) is 3.35. The Balaban J connectivity index is 1.45. The first-order chi connectivity index (χ1) is 13.7. The molecule has 7 heteroatoms. The van der Waals surface area contributed by atoms with Crippen molar-refractivity contribution < 1.29 is 0 Å². The normalized spacial score (nSPS) is 14.8. The number of aromatic nitrogens is 3. The summed E-state index contributed by atoms with van der Waals surface area (Å²) >= 11 is 0. The number of benzene rings is 2. The Morgan fingerprint density at radius 3 is 2.61 bits per heavy atom. The van der Waals surface area contributed by atoms with Crippen LogP contribution in [0.15, 0.2) is 59.6 Å². The van der Waals surface area contributed by atoms with Crippen molar-refractivity contribution in [2.75, 3.05) is 31.5 Å². The molecule has 1 aliphatic heterocycles. The molecule has 7 nitrogen and oxygen atoms in total. The number of nitrogens with one attached hydrogen (secondary N) is 2. The lowest BCUT2D eigenvalue weighted by atomic mass is 9.97. The van der Waals surface area contributed by atoms with Crippen molar-refractivity contribution in [2.45, 2.75) is 12.8 Å². The van der Waals surface area contributed by atoms with Gasteiger partial charge in [0.25, 0.3) is 0 Å². The number of rotatable bonds is 6. The first-order valence-corrected chi connectivity index (χ1v) is 9.59. The predicted molar refractivity (Wildman–Crippen MR) is 112 cm³/mol. The van der Waals surface area contributed by atoms with Gasteiger partial charge in [0.1, 0.15) is 5.82 Å². The second kappa shape index (κ2) is 8.22. The highest BCUT2D eigenvalue weighted by Crippen LogP contribution is 2.25. The highest BCUT2D eigenvalue weighted by Gasteiger charge is 2.19. The van der Waals surface area contributed by atoms with Crippen LogP contribution in [0, 0.1) is 0 Å². The minimum absolute atomic E-state index is 0.110. The molecule has 4 N–H and O–H groups in total. The van der Waals surface area contributed by atoms with Crippen molar-refractivity contribution in [3.63, 3.8) is 0 Å². The fraction of sp³-hybridized carbons (Fsp3) is 0.286. The van der Waals surface area contributed by atoms with Crippen molar-refractivity contribution in [1.82, 2.24) is 20.1 Å². The minimum atomic E-state index is 0.110. The van der Waals surface area contributed by atoms with Crippen LogP contribution < -0.4 is 11.1 Å². The van der Waals surface area contributed by atoms with E-state index < -0.39 is 0 Å². The van der Waals surface area contributed by atoms with E-state index in [0.29, 0.717) is 12.5 Å². The molecule has 2 heterocycles. The van der Waals surface area contributed by atoms with Crippen LogP contribution in [0.2, 0.25) is 0 Å². The third-order valence-electron chi connectivity index (χ3n) is 4.98. The highest BCUT2D eigenvalue weighted by molar-refractivity contribution is 5.93. The number of anilines is 1. The number of nitrogens with zero attached hydrogens (tertiary/aromatic N) is 4. The number of hydrogen-bond acceptors (Lipinski definition) is 6. The average molecular weight is 375 g/mol. The van der Waals surface area contributed by atoms with Gasteiger partial charge < -0.3 is 10.6 Å². The lowest BCUT2D eigenvalue weighted by molar-refractivity contribution is 0.466. The van der Waals surface area contributed by atoms with Gasteiger partial charge in [-0.2, -0.15) is 4.98 Å². The molecule has 0 amide bonds. The minimum Gasteiger partial charge on any atom is -0.340 e. The van der Waals surface area contributed by atoms with E-state index in [9.17, 15) is 0 Å². The van der Waals surface area contributed by atoms with E-state index in [1.54, 1.807) is 0 Å². The van der Waals surface area contributed by atoms with Crippen LogP contribution in [0.4, 0.5) is 5.95 Å². The number of H-pyrrole nitrogens is 1. The average Bonchev–Trinajstić information content (AvgIpc) is 3.39. The molecule has 144 valence electrons. The summed E-state index contributed by atoms with van der Waals surface area (Å²) in [4.78, 5) is 11.2. The molecule has 1 unspecified atom stereocenters. The third kappa shape index (κ3) is 3.89. The summed E-state index contributed by atoms with van der Waals surface area (Å²) in [5, 5.41) is 10.5. The van der Waals surface area contributed by atoms with E-state index in [2.05, 4.69) is 85.8 Å². The first-order valence-electron chi connectivity index (χ1n) is 9.59. The molecule has 0 saturated carbocycles. The van der Waals surface area contributed by atoms with Crippen LogP contribution in [0.25, 0.3) is 11.1 Å². The Morgan fingerprint density at radius 1 is 1.11 bits per heavy atom. The standard InChI is InChI=1S/C21H25N7/c1-15(16-7-9-18(10-8-16)17-5-3-2-4-6-17)19-24-20(27-26-19)25-21-23-12-14-28(21)13-11-22/h2-10,15H,11-14,22H2,1H3,(H2,23,24,25,26,27). The van der Waals surface area contributed by atoms with Gasteiger partial charge >= 0.3 is 0 Å². The zero-order valence-electron chi connectivity index (χ0n) is 16.0. The fourth-order valence-corrected chi connectivity index (χ4v) is 3.35. The van der Waals surface area contributed by atoms with Gasteiger partial charge in [-0.3, -0.25) is 15.4 Å². The lowest BCUT2D eigenvalue weighted by Gasteiger charge is -2.18. The number of nitrogens with two attached hydrogens (primary N) is 1. The van der Waals surface area contributed by atoms with Gasteiger partial charge in [0.15, 0.2) is 0 Å². The molecular weight excluding hydrogens is 350 g/mol. The molecule has 1 aromatic heterocycles. The van der Waals surface area contributed by atoms with Crippen LogP contribution in [0.5, 0.6) is 0 Å². The number of guanidine groups is 1. The SMILES string of the molecule is CC(c1ccc(-c2ccccc2)cc1)c1nc(NC2=NCCN2CCN)n[nH]1. The van der Waals surface area contributed by atoms with Crippen molar-refractivity contribution >= 4 is 11.9 Å². The zero-order chi connectivity index (χ0) is 19.3. The molecule has 2 aromatic carbocycles. The van der Waals surface area contributed by atoms with Gasteiger partial charge in [0.2, 0.25) is 11.9 Å². The van der Waals surface area contributed by atoms with Crippen LogP contribution in [0.1, 0.15) is 24.2 Å². The molecule has 28 heavy (non-hydrogen) atoms. The second-order valence-corrected chi connectivity index (χ2v) is 6.86. The lowest BCUT2D eigenvalue weighted by Crippen LogP contribution is -2.37. The van der Waals surface area contributed by atoms with E-state index in [4.69, 9.17) is 5.73 Å². The van der Waals surface area contributed by atoms with Crippen LogP contribution >= 0.6 is 0 Å². The second-order valence-electron chi connectivity index (χ2n) is 6.86. The number of aromatic amines is 1. The van der Waals surface area contributed by atoms with E-state index in [-0.39, 0.29) is 5.92 Å². The van der Waals surface area contributed by atoms with E-state index >= 15 is 0 Å². The Kier molecular flexibility index (Phi) is 5.34. The molecule has 4 rings (SSSR count). The molecule has 0 spiro atoms. The smallest absolute Gasteiger partial charge is 0.248 e. The quantitative estimate of drug-likeness (QED) is 0.616. The topological polar surface area (TPSA) is 95.2 Å². The molecule has 0 fully saturated rings. The van der Waals surface area contributed by atoms with Crippen molar-refractivity contribution in [3.05, 3.63) is 66.0 Å². The summed E-state index contributed by atoms with van der Waals surface area (Å²) in [7, 11) is 0. The van der Waals surface area contributed by atoms with Gasteiger partial charge in [-0.25, -0.2) is 0 Å². The van der Waals surface area contributed by atoms with Gasteiger partial charge in [-0.05, 0) is 16.7 Å². The molecule has 0 bridgehead atoms. The Hall–Kier alpha value is -3.19. The zero-order valence-corrected chi connectivity index (χ0v) is 16.0. The molecule has 0 radical (unpaired) electrons. The Labute approximate surface area is 164 Å². The van der Waals surface area contributed by atoms with Crippen LogP contribution in [0.3, 0.4) is 0 Å². The van der Waals surface area contributed by atoms with Crippen molar-refractivity contribution in [3.8, 4) is 11.1 Å². The molecular formula is C21H25N7. The van der Waals surface area contributed by atoms with Crippen molar-refractivity contribution in [1.29, 1.82) is 0 Å². The van der Waals surface area contributed by atoms with Gasteiger partial charge in [0, 0.05) is 25.6 Å². The maximum absolute atomic E-state index is 5.66. The molecule has 0 aliphatic carbocycles. The summed E-state index contributed by atoms with van der Waals surface area (Å²) in [5.41, 5.74) is 9.26. The summed E-state index contributed by atoms with van der Waals surface area (Å²) in [5.74, 6) is 2.25. The summed E-state index contributed by atoms with van der Waals surface area (Å²) in [6.45, 7) is 5.13. The highest BCUT2D eigenvalue weighted by atomic mass is 15.4. The van der Waals surface area contributed by atoms with Crippen LogP contribution in [-0.4, -0.2) is 52.2 Å². The summed E-state index contributed by atoms with van der Waals surface area (Å²) in [6.07, 6.45) is 0. The van der Waals surface area contributed by atoms with Gasteiger partial charge in [0.05, 0.1) is 6.54 Å². The molecule has 3 aromatic rings. The summed E-state index contributed by atoms with van der Waals surface area (Å²) in [6, 6.07) is 19.0. The van der Waals surface area contributed by atoms with E-state index in [1.165, 1.54) is 16.7 Å². The van der Waals surface area contributed by atoms with Crippen LogP contribution in [-0.2, 0) is 0 Å². The Bertz CT molecular complexity index is 931. The predicted octanol–water partition coefficient (Wildman–Crippen LogP) is 2.67. The molecule has 1 aliphatic rings. The summed E-state index contributed by atoms with van der Waals surface area (Å²) < 4.78 is 0. The van der Waals surface area contributed by atoms with Gasteiger partial charge in [-0.1, -0.05) is 61.5 Å². The van der Waals surface area contributed by atoms with Crippen molar-refractivity contribution in [2.24, 2.45) is 10.7 Å². The largest absolute Gasteiger partial charge is 0.340 e. The van der Waals surface area contributed by atoms with E-state index in [0.717, 1.165) is 31.4 Å². The molecule has 1 atom stereocenters. The maximum Gasteiger partial charge on any atom is 0.248 e. The molecule has 0 saturated heterocycles. The Morgan fingerprint density at radius 2 is 1.86 bits per heavy atom. The van der Waals surface area contributed by atoms with Gasteiger partial charge in [-0.15, -0.1) is 5.10 Å². The monoisotopic (exact) mass is 375 g/mol. The maximum atomic E-state index is 5.66. The number of aliphatic imine (C=N–C) groups is 1. The third-order valence-corrected chi connectivity index (χ3v) is 4.98. The van der Waals surface area contributed by atoms with E-state index in [1.807, 2.05) is 6.07 Å². The number of hydrogen-bond donors (Lipinski definition) is 3. The first kappa shape index (κ1) is 18.2.